The molecule has 2 aromatic carbocycles. The second-order valence-corrected chi connectivity index (χ2v) is 8.77. The molecule has 0 unspecified atom stereocenters. The third kappa shape index (κ3) is 4.86. The number of aromatic nitrogens is 2. The first-order chi connectivity index (χ1) is 17.3. The Kier molecular flexibility index (Phi) is 6.30. The van der Waals surface area contributed by atoms with Crippen LogP contribution in [0, 0.1) is 6.92 Å². The van der Waals surface area contributed by atoms with E-state index in [2.05, 4.69) is 4.98 Å². The van der Waals surface area contributed by atoms with Gasteiger partial charge in [-0.2, -0.15) is 13.2 Å². The molecule has 1 aliphatic rings. The van der Waals surface area contributed by atoms with Gasteiger partial charge in [-0.1, -0.05) is 24.3 Å². The van der Waals surface area contributed by atoms with Crippen LogP contribution >= 0.6 is 0 Å². The summed E-state index contributed by atoms with van der Waals surface area (Å²) in [5.41, 5.74) is 2.95. The van der Waals surface area contributed by atoms with Crippen LogP contribution in [0.15, 0.2) is 73.1 Å². The molecule has 0 saturated carbocycles. The fourth-order valence-electron chi connectivity index (χ4n) is 4.41. The number of hydrogen-bond acceptors (Lipinski definition) is 4. The summed E-state index contributed by atoms with van der Waals surface area (Å²) in [5.74, 6) is 0.303. The number of benzene rings is 2. The van der Waals surface area contributed by atoms with Crippen molar-refractivity contribution in [1.29, 1.82) is 0 Å². The number of anilines is 1. The van der Waals surface area contributed by atoms with E-state index in [0.717, 1.165) is 29.0 Å². The number of ether oxygens (including phenoxy) is 1. The van der Waals surface area contributed by atoms with Gasteiger partial charge in [0.25, 0.3) is 5.91 Å². The van der Waals surface area contributed by atoms with E-state index in [-0.39, 0.29) is 12.5 Å². The molecule has 1 saturated heterocycles. The van der Waals surface area contributed by atoms with Crippen LogP contribution in [0.4, 0.5) is 18.9 Å². The summed E-state index contributed by atoms with van der Waals surface area (Å²) >= 11 is 0. The maximum atomic E-state index is 13.3. The quantitative estimate of drug-likeness (QED) is 0.383. The third-order valence-electron chi connectivity index (χ3n) is 6.33. The molecule has 0 aliphatic carbocycles. The molecule has 0 N–H and O–H groups in total. The van der Waals surface area contributed by atoms with Gasteiger partial charge in [-0.05, 0) is 48.9 Å². The summed E-state index contributed by atoms with van der Waals surface area (Å²) in [5, 5.41) is 0. The Hall–Kier alpha value is -4.01. The lowest BCUT2D eigenvalue weighted by molar-refractivity contribution is -0.137. The normalized spacial score (nSPS) is 14.3. The zero-order valence-electron chi connectivity index (χ0n) is 19.7. The molecular weight excluding hydrogens is 469 g/mol. The van der Waals surface area contributed by atoms with Gasteiger partial charge in [0, 0.05) is 44.3 Å². The summed E-state index contributed by atoms with van der Waals surface area (Å²) in [7, 11) is 0. The summed E-state index contributed by atoms with van der Waals surface area (Å²) in [6.07, 6.45) is -0.561. The average Bonchev–Trinajstić information content (AvgIpc) is 3.31. The van der Waals surface area contributed by atoms with Crippen LogP contribution in [0.1, 0.15) is 27.2 Å². The summed E-state index contributed by atoms with van der Waals surface area (Å²) < 4.78 is 47.2. The van der Waals surface area contributed by atoms with E-state index in [1.165, 1.54) is 6.07 Å². The van der Waals surface area contributed by atoms with E-state index in [4.69, 9.17) is 4.74 Å². The minimum atomic E-state index is -4.39. The topological polar surface area (TPSA) is 50.1 Å². The zero-order valence-corrected chi connectivity index (χ0v) is 19.7. The highest BCUT2D eigenvalue weighted by Crippen LogP contribution is 2.32. The minimum absolute atomic E-state index is 0.167. The highest BCUT2D eigenvalue weighted by molar-refractivity contribution is 5.97. The van der Waals surface area contributed by atoms with Gasteiger partial charge in [0.1, 0.15) is 18.0 Å². The van der Waals surface area contributed by atoms with Crippen molar-refractivity contribution in [3.05, 3.63) is 95.4 Å². The Bertz CT molecular complexity index is 1390. The van der Waals surface area contributed by atoms with E-state index in [9.17, 15) is 18.0 Å². The number of rotatable bonds is 5. The summed E-state index contributed by atoms with van der Waals surface area (Å²) in [4.78, 5) is 21.5. The van der Waals surface area contributed by atoms with E-state index in [1.807, 2.05) is 46.8 Å². The maximum absolute atomic E-state index is 13.3. The van der Waals surface area contributed by atoms with Crippen molar-refractivity contribution >= 4 is 17.2 Å². The predicted octanol–water partition coefficient (Wildman–Crippen LogP) is 5.20. The van der Waals surface area contributed by atoms with Crippen molar-refractivity contribution in [3.63, 3.8) is 0 Å². The Morgan fingerprint density at radius 3 is 2.53 bits per heavy atom. The van der Waals surface area contributed by atoms with Crippen molar-refractivity contribution < 1.29 is 22.7 Å². The molecule has 5 rings (SSSR count). The molecule has 1 fully saturated rings. The summed E-state index contributed by atoms with van der Waals surface area (Å²) in [6, 6.07) is 16.3. The molecule has 1 aliphatic heterocycles. The van der Waals surface area contributed by atoms with Crippen LogP contribution < -0.4 is 9.64 Å². The molecule has 2 aromatic heterocycles. The van der Waals surface area contributed by atoms with E-state index in [0.29, 0.717) is 43.2 Å². The van der Waals surface area contributed by atoms with Gasteiger partial charge in [-0.25, -0.2) is 4.98 Å². The number of halogens is 3. The molecule has 186 valence electrons. The Morgan fingerprint density at radius 2 is 1.78 bits per heavy atom. The number of hydrogen-bond donors (Lipinski definition) is 0. The van der Waals surface area contributed by atoms with Crippen molar-refractivity contribution in [3.8, 4) is 5.75 Å². The molecular formula is C27H25F3N4O2. The number of imidazole rings is 1. The van der Waals surface area contributed by atoms with Crippen molar-refractivity contribution in [2.75, 3.05) is 31.1 Å². The number of pyridine rings is 1. The van der Waals surface area contributed by atoms with Gasteiger partial charge in [0.2, 0.25) is 0 Å². The molecule has 3 heterocycles. The molecule has 0 spiro atoms. The Labute approximate surface area is 206 Å². The lowest BCUT2D eigenvalue weighted by atomic mass is 10.1. The van der Waals surface area contributed by atoms with Gasteiger partial charge >= 0.3 is 6.18 Å². The second kappa shape index (κ2) is 9.56. The number of piperazine rings is 1. The smallest absolute Gasteiger partial charge is 0.416 e. The van der Waals surface area contributed by atoms with Crippen LogP contribution in [0.3, 0.4) is 0 Å². The molecule has 6 nitrogen and oxygen atoms in total. The fourth-order valence-corrected chi connectivity index (χ4v) is 4.41. The SMILES string of the molecule is Cc1cccn2cc(COc3ccccc3C(=O)N3CCN(c4cccc(C(F)(F)F)c4)CC3)nc12. The van der Waals surface area contributed by atoms with Gasteiger partial charge < -0.3 is 18.9 Å². The molecule has 0 radical (unpaired) electrons. The standard InChI is InChI=1S/C27H25F3N4O2/c1-19-6-5-11-34-17-21(31-25(19)34)18-36-24-10-3-2-9-23(24)26(35)33-14-12-32(13-15-33)22-8-4-7-20(16-22)27(28,29)30/h2-11,16-17H,12-15,18H2,1H3. The molecule has 9 heteroatoms. The van der Waals surface area contributed by atoms with Crippen molar-refractivity contribution in [2.24, 2.45) is 0 Å². The second-order valence-electron chi connectivity index (χ2n) is 8.77. The van der Waals surface area contributed by atoms with Gasteiger partial charge in [0.15, 0.2) is 0 Å². The maximum Gasteiger partial charge on any atom is 0.416 e. The molecule has 36 heavy (non-hydrogen) atoms. The van der Waals surface area contributed by atoms with Crippen LogP contribution in [0.5, 0.6) is 5.75 Å². The molecule has 4 aromatic rings. The van der Waals surface area contributed by atoms with Crippen LogP contribution in [0.2, 0.25) is 0 Å². The minimum Gasteiger partial charge on any atom is -0.486 e. The molecule has 0 bridgehead atoms. The highest BCUT2D eigenvalue weighted by atomic mass is 19.4. The van der Waals surface area contributed by atoms with Crippen molar-refractivity contribution in [1.82, 2.24) is 14.3 Å². The van der Waals surface area contributed by atoms with Gasteiger partial charge in [-0.3, -0.25) is 4.79 Å². The number of carbonyl (C=O) groups is 1. The first-order valence-electron chi connectivity index (χ1n) is 11.7. The van der Waals surface area contributed by atoms with Crippen LogP contribution in [0.25, 0.3) is 5.65 Å². The number of nitrogens with zero attached hydrogens (tertiary/aromatic N) is 4. The van der Waals surface area contributed by atoms with E-state index < -0.39 is 11.7 Å². The molecule has 1 amide bonds. The van der Waals surface area contributed by atoms with Gasteiger partial charge in [0.05, 0.1) is 16.8 Å². The Balaban J connectivity index is 1.25. The predicted molar refractivity (Wildman–Crippen MR) is 130 cm³/mol. The third-order valence-corrected chi connectivity index (χ3v) is 6.33. The fraction of sp³-hybridized carbons (Fsp3) is 0.259. The first kappa shape index (κ1) is 23.7. The van der Waals surface area contributed by atoms with E-state index in [1.54, 1.807) is 29.2 Å². The number of fused-ring (bicyclic) bond motifs is 1. The van der Waals surface area contributed by atoms with Crippen LogP contribution in [-0.4, -0.2) is 46.4 Å². The Morgan fingerprint density at radius 1 is 1.00 bits per heavy atom. The zero-order chi connectivity index (χ0) is 25.3. The number of alkyl halides is 3. The number of aryl methyl sites for hydroxylation is 1. The average molecular weight is 495 g/mol. The molecule has 0 atom stereocenters. The largest absolute Gasteiger partial charge is 0.486 e. The lowest BCUT2D eigenvalue weighted by Crippen LogP contribution is -2.48. The lowest BCUT2D eigenvalue weighted by Gasteiger charge is -2.36. The van der Waals surface area contributed by atoms with Crippen LogP contribution in [-0.2, 0) is 12.8 Å². The van der Waals surface area contributed by atoms with Gasteiger partial charge in [-0.15, -0.1) is 0 Å². The summed E-state index contributed by atoms with van der Waals surface area (Å²) in [6.45, 7) is 3.89. The monoisotopic (exact) mass is 494 g/mol. The number of amides is 1. The van der Waals surface area contributed by atoms with Crippen molar-refractivity contribution in [2.45, 2.75) is 19.7 Å². The highest BCUT2D eigenvalue weighted by Gasteiger charge is 2.31. The number of para-hydroxylation sites is 1. The number of carbonyl (C=O) groups excluding carboxylic acids is 1. The first-order valence-corrected chi connectivity index (χ1v) is 11.7. The van der Waals surface area contributed by atoms with E-state index >= 15 is 0 Å².